The molecule has 0 bridgehead atoms. The molecule has 3 aromatic rings. The molecule has 0 spiro atoms. The fraction of sp³-hybridized carbons (Fsp3) is 0.100. The largest absolute Gasteiger partial charge is 0.480 e. The number of nitriles is 1. The third-order valence-corrected chi connectivity index (χ3v) is 4.84. The van der Waals surface area contributed by atoms with Crippen LogP contribution >= 0.6 is 11.3 Å². The minimum atomic E-state index is -0.882. The molecule has 1 N–H and O–H groups in total. The lowest BCUT2D eigenvalue weighted by Gasteiger charge is -2.17. The Hall–Kier alpha value is -3.70. The second kappa shape index (κ2) is 8.33. The molecular formula is C20H15N3O4S. The smallest absolute Gasteiger partial charge is 0.270 e. The molecule has 0 aliphatic rings. The van der Waals surface area contributed by atoms with Gasteiger partial charge in [0.25, 0.3) is 11.6 Å². The van der Waals surface area contributed by atoms with Gasteiger partial charge in [-0.1, -0.05) is 18.2 Å². The van der Waals surface area contributed by atoms with Crippen molar-refractivity contribution in [1.29, 1.82) is 5.26 Å². The molecule has 0 radical (unpaired) electrons. The average Bonchev–Trinajstić information content (AvgIpc) is 3.23. The molecule has 0 aliphatic carbocycles. The van der Waals surface area contributed by atoms with Crippen LogP contribution in [0.3, 0.4) is 0 Å². The number of hydrogen-bond acceptors (Lipinski definition) is 6. The van der Waals surface area contributed by atoms with E-state index < -0.39 is 16.9 Å². The van der Waals surface area contributed by atoms with E-state index in [1.54, 1.807) is 31.2 Å². The van der Waals surface area contributed by atoms with Crippen LogP contribution in [0.2, 0.25) is 0 Å². The second-order valence-corrected chi connectivity index (χ2v) is 6.77. The first-order valence-electron chi connectivity index (χ1n) is 8.28. The van der Waals surface area contributed by atoms with Gasteiger partial charge in [0.15, 0.2) is 6.10 Å². The Kier molecular flexibility index (Phi) is 5.67. The zero-order valence-corrected chi connectivity index (χ0v) is 15.6. The molecule has 2 aromatic carbocycles. The van der Waals surface area contributed by atoms with Gasteiger partial charge in [0.05, 0.1) is 16.2 Å². The molecule has 0 saturated heterocycles. The number of nitro groups is 1. The maximum atomic E-state index is 12.5. The lowest BCUT2D eigenvalue weighted by atomic mass is 10.1. The van der Waals surface area contributed by atoms with Gasteiger partial charge in [0.1, 0.15) is 11.8 Å². The highest BCUT2D eigenvalue weighted by Gasteiger charge is 2.20. The Morgan fingerprint density at radius 3 is 2.71 bits per heavy atom. The normalized spacial score (nSPS) is 11.3. The average molecular weight is 393 g/mol. The van der Waals surface area contributed by atoms with Crippen LogP contribution in [0.5, 0.6) is 5.75 Å². The molecule has 1 amide bonds. The van der Waals surface area contributed by atoms with Gasteiger partial charge in [-0.05, 0) is 36.6 Å². The summed E-state index contributed by atoms with van der Waals surface area (Å²) in [7, 11) is 0. The van der Waals surface area contributed by atoms with Crippen LogP contribution in [0.25, 0.3) is 10.4 Å². The number of ether oxygens (including phenoxy) is 1. The molecular weight excluding hydrogens is 378 g/mol. The Morgan fingerprint density at radius 1 is 1.25 bits per heavy atom. The van der Waals surface area contributed by atoms with E-state index in [1.807, 2.05) is 23.6 Å². The van der Waals surface area contributed by atoms with Crippen molar-refractivity contribution in [3.63, 3.8) is 0 Å². The number of thiophene rings is 1. The third-order valence-electron chi connectivity index (χ3n) is 3.94. The molecule has 0 aliphatic heterocycles. The molecule has 0 saturated carbocycles. The van der Waals surface area contributed by atoms with E-state index in [2.05, 4.69) is 5.32 Å². The first-order chi connectivity index (χ1) is 13.5. The number of hydrogen-bond donors (Lipinski definition) is 1. The summed E-state index contributed by atoms with van der Waals surface area (Å²) in [5.41, 5.74) is 1.22. The van der Waals surface area contributed by atoms with Crippen molar-refractivity contribution < 1.29 is 14.5 Å². The number of benzene rings is 2. The van der Waals surface area contributed by atoms with Crippen molar-refractivity contribution in [3.8, 4) is 22.3 Å². The number of non-ortho nitro benzene ring substituents is 1. The van der Waals surface area contributed by atoms with Crippen molar-refractivity contribution in [1.82, 2.24) is 0 Å². The Morgan fingerprint density at radius 2 is 2.04 bits per heavy atom. The fourth-order valence-electron chi connectivity index (χ4n) is 2.53. The van der Waals surface area contributed by atoms with Crippen molar-refractivity contribution in [2.45, 2.75) is 13.0 Å². The van der Waals surface area contributed by atoms with Crippen molar-refractivity contribution in [3.05, 3.63) is 75.7 Å². The van der Waals surface area contributed by atoms with Crippen LogP contribution in [0.1, 0.15) is 12.5 Å². The highest BCUT2D eigenvalue weighted by molar-refractivity contribution is 7.13. The second-order valence-electron chi connectivity index (χ2n) is 5.82. The van der Waals surface area contributed by atoms with Gasteiger partial charge in [0, 0.05) is 22.6 Å². The van der Waals surface area contributed by atoms with Crippen LogP contribution in [-0.4, -0.2) is 16.9 Å². The third kappa shape index (κ3) is 4.16. The summed E-state index contributed by atoms with van der Waals surface area (Å²) in [4.78, 5) is 23.9. The van der Waals surface area contributed by atoms with Crippen molar-refractivity contribution in [2.75, 3.05) is 5.32 Å². The van der Waals surface area contributed by atoms with Gasteiger partial charge >= 0.3 is 0 Å². The molecule has 28 heavy (non-hydrogen) atoms. The van der Waals surface area contributed by atoms with E-state index in [-0.39, 0.29) is 5.69 Å². The van der Waals surface area contributed by atoms with Gasteiger partial charge < -0.3 is 10.1 Å². The lowest BCUT2D eigenvalue weighted by molar-refractivity contribution is -0.384. The summed E-state index contributed by atoms with van der Waals surface area (Å²) in [6.07, 6.45) is -0.882. The Balaban J connectivity index is 1.83. The maximum Gasteiger partial charge on any atom is 0.270 e. The number of amides is 1. The number of anilines is 1. The summed E-state index contributed by atoms with van der Waals surface area (Å²) >= 11 is 1.41. The quantitative estimate of drug-likeness (QED) is 0.487. The van der Waals surface area contributed by atoms with E-state index in [0.717, 1.165) is 4.88 Å². The summed E-state index contributed by atoms with van der Waals surface area (Å²) < 4.78 is 5.80. The van der Waals surface area contributed by atoms with Crippen molar-refractivity contribution in [2.24, 2.45) is 0 Å². The zero-order chi connectivity index (χ0) is 20.1. The highest BCUT2D eigenvalue weighted by atomic mass is 32.1. The van der Waals surface area contributed by atoms with Crippen LogP contribution in [-0.2, 0) is 4.79 Å². The number of para-hydroxylation sites is 1. The van der Waals surface area contributed by atoms with Crippen LogP contribution in [0.4, 0.5) is 11.4 Å². The summed E-state index contributed by atoms with van der Waals surface area (Å²) in [6.45, 7) is 1.57. The van der Waals surface area contributed by atoms with E-state index in [4.69, 9.17) is 10.00 Å². The summed E-state index contributed by atoms with van der Waals surface area (Å²) in [5.74, 6) is -0.0672. The van der Waals surface area contributed by atoms with Gasteiger partial charge in [-0.2, -0.15) is 5.26 Å². The molecule has 0 unspecified atom stereocenters. The molecule has 8 heteroatoms. The number of carbonyl (C=O) groups is 1. The zero-order valence-electron chi connectivity index (χ0n) is 14.8. The molecule has 0 fully saturated rings. The predicted octanol–water partition coefficient (Wildman–Crippen LogP) is 4.60. The number of carbonyl (C=O) groups excluding carboxylic acids is 1. The number of nitro benzene ring substituents is 1. The first-order valence-corrected chi connectivity index (χ1v) is 9.16. The molecule has 1 aromatic heterocycles. The van der Waals surface area contributed by atoms with Crippen LogP contribution in [0, 0.1) is 21.4 Å². The standard InChI is InChI=1S/C20H15N3O4S/c1-13(20(24)22-17-6-3-2-5-14(17)12-21)27-18-9-8-15(23(25)26)11-16(18)19-7-4-10-28-19/h2-11,13H,1H3,(H,22,24)/t13-/m0/s1. The van der Waals surface area contributed by atoms with E-state index in [0.29, 0.717) is 22.6 Å². The summed E-state index contributed by atoms with van der Waals surface area (Å²) in [6, 6.07) is 16.6. The lowest BCUT2D eigenvalue weighted by Crippen LogP contribution is -2.30. The van der Waals surface area contributed by atoms with Crippen LogP contribution in [0.15, 0.2) is 60.0 Å². The van der Waals surface area contributed by atoms with Gasteiger partial charge in [-0.25, -0.2) is 0 Å². The van der Waals surface area contributed by atoms with Gasteiger partial charge in [-0.15, -0.1) is 11.3 Å². The van der Waals surface area contributed by atoms with E-state index in [9.17, 15) is 14.9 Å². The molecule has 1 atom stereocenters. The van der Waals surface area contributed by atoms with Gasteiger partial charge in [-0.3, -0.25) is 14.9 Å². The van der Waals surface area contributed by atoms with Gasteiger partial charge in [0.2, 0.25) is 0 Å². The Bertz CT molecular complexity index is 1060. The number of rotatable bonds is 6. The molecule has 3 rings (SSSR count). The minimum absolute atomic E-state index is 0.0594. The highest BCUT2D eigenvalue weighted by Crippen LogP contribution is 2.36. The maximum absolute atomic E-state index is 12.5. The van der Waals surface area contributed by atoms with E-state index >= 15 is 0 Å². The monoisotopic (exact) mass is 393 g/mol. The molecule has 1 heterocycles. The first kappa shape index (κ1) is 19.1. The van der Waals surface area contributed by atoms with E-state index in [1.165, 1.54) is 29.5 Å². The molecule has 7 nitrogen and oxygen atoms in total. The van der Waals surface area contributed by atoms with Crippen molar-refractivity contribution >= 4 is 28.6 Å². The minimum Gasteiger partial charge on any atom is -0.480 e. The molecule has 140 valence electrons. The topological polar surface area (TPSA) is 105 Å². The Labute approximate surface area is 165 Å². The predicted molar refractivity (Wildman–Crippen MR) is 106 cm³/mol. The number of nitrogens with zero attached hydrogens (tertiary/aromatic N) is 2. The summed E-state index contributed by atoms with van der Waals surface area (Å²) in [5, 5.41) is 24.8. The van der Waals surface area contributed by atoms with Crippen LogP contribution < -0.4 is 10.1 Å². The fourth-order valence-corrected chi connectivity index (χ4v) is 3.27. The SMILES string of the molecule is C[C@H](Oc1ccc([N+](=O)[O-])cc1-c1cccs1)C(=O)Nc1ccccc1C#N. The number of nitrogens with one attached hydrogen (secondary N) is 1.